The lowest BCUT2D eigenvalue weighted by molar-refractivity contribution is -0.149. The van der Waals surface area contributed by atoms with E-state index in [0.29, 0.717) is 13.2 Å². The summed E-state index contributed by atoms with van der Waals surface area (Å²) in [6.45, 7) is 8.50. The van der Waals surface area contributed by atoms with Gasteiger partial charge in [-0.1, -0.05) is 30.3 Å². The van der Waals surface area contributed by atoms with Crippen LogP contribution in [0.25, 0.3) is 0 Å². The molecule has 6 heteroatoms. The van der Waals surface area contributed by atoms with Crippen LogP contribution in [-0.4, -0.2) is 41.9 Å². The van der Waals surface area contributed by atoms with Crippen molar-refractivity contribution in [2.75, 3.05) is 13.2 Å². The molecule has 0 spiro atoms. The summed E-state index contributed by atoms with van der Waals surface area (Å²) < 4.78 is 10.6. The summed E-state index contributed by atoms with van der Waals surface area (Å²) in [5.74, 6) is -0.134. The molecule has 0 saturated heterocycles. The zero-order valence-corrected chi connectivity index (χ0v) is 17.6. The van der Waals surface area contributed by atoms with E-state index < -0.39 is 11.7 Å². The highest BCUT2D eigenvalue weighted by Crippen LogP contribution is 2.28. The number of carbonyl (C=O) groups is 2. The van der Waals surface area contributed by atoms with Gasteiger partial charge in [0.05, 0.1) is 12.5 Å². The van der Waals surface area contributed by atoms with Crippen LogP contribution in [0, 0.1) is 5.92 Å². The normalized spacial score (nSPS) is 19.9. The van der Waals surface area contributed by atoms with Crippen molar-refractivity contribution in [3.8, 4) is 0 Å². The van der Waals surface area contributed by atoms with E-state index in [2.05, 4.69) is 17.6 Å². The van der Waals surface area contributed by atoms with Crippen molar-refractivity contribution in [1.29, 1.82) is 0 Å². The van der Waals surface area contributed by atoms with E-state index >= 15 is 0 Å². The molecule has 6 nitrogen and oxygen atoms in total. The Bertz CT molecular complexity index is 619. The molecule has 1 aliphatic rings. The van der Waals surface area contributed by atoms with Gasteiger partial charge in [-0.05, 0) is 65.4 Å². The second kappa shape index (κ2) is 10.5. The molecular weight excluding hydrogens is 356 g/mol. The van der Waals surface area contributed by atoms with Crippen LogP contribution in [-0.2, 0) is 20.7 Å². The van der Waals surface area contributed by atoms with Crippen molar-refractivity contribution >= 4 is 12.1 Å². The summed E-state index contributed by atoms with van der Waals surface area (Å²) in [4.78, 5) is 24.3. The highest BCUT2D eigenvalue weighted by Gasteiger charge is 2.31. The van der Waals surface area contributed by atoms with Crippen LogP contribution in [0.15, 0.2) is 30.3 Å². The van der Waals surface area contributed by atoms with E-state index in [0.717, 1.165) is 32.1 Å². The lowest BCUT2D eigenvalue weighted by Gasteiger charge is -2.36. The first-order chi connectivity index (χ1) is 13.3. The third-order valence-electron chi connectivity index (χ3n) is 4.88. The number of nitrogens with one attached hydrogen (secondary N) is 1. The van der Waals surface area contributed by atoms with E-state index in [1.165, 1.54) is 5.56 Å². The smallest absolute Gasteiger partial charge is 0.422 e. The fraction of sp³-hybridized carbons (Fsp3) is 0.636. The van der Waals surface area contributed by atoms with Crippen LogP contribution in [0.4, 0.5) is 4.79 Å². The van der Waals surface area contributed by atoms with Gasteiger partial charge in [-0.3, -0.25) is 10.2 Å². The van der Waals surface area contributed by atoms with Crippen LogP contribution in [0.5, 0.6) is 0 Å². The van der Waals surface area contributed by atoms with Gasteiger partial charge in [0, 0.05) is 12.6 Å². The standard InChI is InChI=1S/C22H34N2O4/c1-5-27-20(25)18-11-13-19(14-12-18)24(23-21(26)28-22(2,3)4)16-15-17-9-7-6-8-10-17/h6-10,18-19H,5,11-16H2,1-4H3,(H,23,26). The van der Waals surface area contributed by atoms with E-state index in [4.69, 9.17) is 9.47 Å². The first-order valence-electron chi connectivity index (χ1n) is 10.3. The lowest BCUT2D eigenvalue weighted by Crippen LogP contribution is -2.52. The van der Waals surface area contributed by atoms with Crippen molar-refractivity contribution in [3.63, 3.8) is 0 Å². The molecule has 0 atom stereocenters. The molecule has 1 N–H and O–H groups in total. The Hall–Kier alpha value is -2.08. The molecule has 156 valence electrons. The van der Waals surface area contributed by atoms with Gasteiger partial charge in [0.1, 0.15) is 5.60 Å². The van der Waals surface area contributed by atoms with Gasteiger partial charge >= 0.3 is 12.1 Å². The van der Waals surface area contributed by atoms with Gasteiger partial charge in [-0.2, -0.15) is 0 Å². The van der Waals surface area contributed by atoms with Crippen molar-refractivity contribution in [3.05, 3.63) is 35.9 Å². The van der Waals surface area contributed by atoms with E-state index in [-0.39, 0.29) is 17.9 Å². The third kappa shape index (κ3) is 7.50. The molecular formula is C22H34N2O4. The zero-order chi connectivity index (χ0) is 20.6. The first-order valence-corrected chi connectivity index (χ1v) is 10.3. The van der Waals surface area contributed by atoms with Crippen LogP contribution >= 0.6 is 0 Å². The Balaban J connectivity index is 1.97. The number of hydrogen-bond acceptors (Lipinski definition) is 5. The number of rotatable bonds is 7. The SMILES string of the molecule is CCOC(=O)C1CCC(N(CCc2ccccc2)NC(=O)OC(C)(C)C)CC1. The predicted molar refractivity (Wildman–Crippen MR) is 109 cm³/mol. The van der Waals surface area contributed by atoms with Crippen LogP contribution < -0.4 is 5.43 Å². The number of esters is 1. The van der Waals surface area contributed by atoms with Crippen molar-refractivity contribution < 1.29 is 19.1 Å². The Morgan fingerprint density at radius 2 is 1.75 bits per heavy atom. The number of hydrazine groups is 1. The van der Waals surface area contributed by atoms with Crippen LogP contribution in [0.3, 0.4) is 0 Å². The summed E-state index contributed by atoms with van der Waals surface area (Å²) in [6.07, 6.45) is 3.63. The minimum absolute atomic E-state index is 0.0336. The van der Waals surface area contributed by atoms with Crippen LogP contribution in [0.2, 0.25) is 0 Å². The zero-order valence-electron chi connectivity index (χ0n) is 17.6. The number of amides is 1. The van der Waals surface area contributed by atoms with Gasteiger partial charge in [-0.15, -0.1) is 0 Å². The molecule has 1 aromatic carbocycles. The molecule has 0 unspecified atom stereocenters. The molecule has 1 fully saturated rings. The van der Waals surface area contributed by atoms with Crippen molar-refractivity contribution in [1.82, 2.24) is 10.4 Å². The maximum Gasteiger partial charge on any atom is 0.422 e. The summed E-state index contributed by atoms with van der Waals surface area (Å²) in [5, 5.41) is 1.99. The third-order valence-corrected chi connectivity index (χ3v) is 4.88. The Morgan fingerprint density at radius 3 is 2.32 bits per heavy atom. The van der Waals surface area contributed by atoms with E-state index in [1.54, 1.807) is 0 Å². The van der Waals surface area contributed by atoms with Crippen molar-refractivity contribution in [2.24, 2.45) is 5.92 Å². The van der Waals surface area contributed by atoms with Gasteiger partial charge in [0.2, 0.25) is 0 Å². The topological polar surface area (TPSA) is 67.9 Å². The minimum Gasteiger partial charge on any atom is -0.466 e. The molecule has 28 heavy (non-hydrogen) atoms. The van der Waals surface area contributed by atoms with Gasteiger partial charge < -0.3 is 9.47 Å². The number of benzene rings is 1. The summed E-state index contributed by atoms with van der Waals surface area (Å²) in [6, 6.07) is 10.4. The number of hydrogen-bond donors (Lipinski definition) is 1. The summed E-state index contributed by atoms with van der Waals surface area (Å²) in [7, 11) is 0. The van der Waals surface area contributed by atoms with E-state index in [9.17, 15) is 9.59 Å². The fourth-order valence-corrected chi connectivity index (χ4v) is 3.53. The molecule has 1 aromatic rings. The average Bonchev–Trinajstić information content (AvgIpc) is 2.65. The first kappa shape index (κ1) is 22.2. The highest BCUT2D eigenvalue weighted by molar-refractivity contribution is 5.72. The molecule has 0 bridgehead atoms. The van der Waals surface area contributed by atoms with E-state index in [1.807, 2.05) is 50.9 Å². The number of nitrogens with zero attached hydrogens (tertiary/aromatic N) is 1. The van der Waals surface area contributed by atoms with Crippen molar-refractivity contribution in [2.45, 2.75) is 71.4 Å². The highest BCUT2D eigenvalue weighted by atomic mass is 16.6. The molecule has 1 amide bonds. The number of ether oxygens (including phenoxy) is 2. The maximum atomic E-state index is 12.3. The van der Waals surface area contributed by atoms with Gasteiger partial charge in [-0.25, -0.2) is 9.80 Å². The molecule has 0 radical (unpaired) electrons. The summed E-state index contributed by atoms with van der Waals surface area (Å²) >= 11 is 0. The molecule has 0 aliphatic heterocycles. The molecule has 0 heterocycles. The second-order valence-corrected chi connectivity index (χ2v) is 8.30. The Labute approximate surface area is 168 Å². The fourth-order valence-electron chi connectivity index (χ4n) is 3.53. The average molecular weight is 391 g/mol. The second-order valence-electron chi connectivity index (χ2n) is 8.30. The Kier molecular flexibility index (Phi) is 8.30. The predicted octanol–water partition coefficient (Wildman–Crippen LogP) is 4.09. The number of carbonyl (C=O) groups excluding carboxylic acids is 2. The molecule has 1 aliphatic carbocycles. The minimum atomic E-state index is -0.545. The van der Waals surface area contributed by atoms with Crippen LogP contribution in [0.1, 0.15) is 58.9 Å². The van der Waals surface area contributed by atoms with Gasteiger partial charge in [0.15, 0.2) is 0 Å². The summed E-state index contributed by atoms with van der Waals surface area (Å²) in [5.41, 5.74) is 3.61. The maximum absolute atomic E-state index is 12.3. The molecule has 0 aromatic heterocycles. The monoisotopic (exact) mass is 390 g/mol. The Morgan fingerprint density at radius 1 is 1.11 bits per heavy atom. The van der Waals surface area contributed by atoms with Gasteiger partial charge in [0.25, 0.3) is 0 Å². The quantitative estimate of drug-likeness (QED) is 0.561. The largest absolute Gasteiger partial charge is 0.466 e. The lowest BCUT2D eigenvalue weighted by atomic mass is 9.85. The molecule has 2 rings (SSSR count). The molecule has 1 saturated carbocycles.